The maximum absolute atomic E-state index is 12.9. The highest BCUT2D eigenvalue weighted by molar-refractivity contribution is 7.20. The number of carbonyl (C=O) groups is 1. The van der Waals surface area contributed by atoms with Gasteiger partial charge in [-0.2, -0.15) is 5.10 Å². The summed E-state index contributed by atoms with van der Waals surface area (Å²) in [5, 5.41) is 10.8. The normalized spacial score (nSPS) is 15.4. The lowest BCUT2D eigenvalue weighted by Crippen LogP contribution is -2.20. The molecule has 1 aliphatic carbocycles. The second-order valence-corrected chi connectivity index (χ2v) is 9.17. The number of thiophene rings is 1. The van der Waals surface area contributed by atoms with Gasteiger partial charge in [-0.3, -0.25) is 19.3 Å². The lowest BCUT2D eigenvalue weighted by molar-refractivity contribution is 0.103. The third-order valence-corrected chi connectivity index (χ3v) is 7.17. The molecule has 0 unspecified atom stereocenters. The Morgan fingerprint density at radius 1 is 1.23 bits per heavy atom. The van der Waals surface area contributed by atoms with Crippen LogP contribution in [0, 0.1) is 6.92 Å². The molecule has 1 amide bonds. The van der Waals surface area contributed by atoms with Crippen molar-refractivity contribution < 1.29 is 4.79 Å². The fourth-order valence-corrected chi connectivity index (χ4v) is 5.21. The maximum atomic E-state index is 12.9. The predicted octanol–water partition coefficient (Wildman–Crippen LogP) is 3.63. The van der Waals surface area contributed by atoms with Crippen LogP contribution in [0.2, 0.25) is 0 Å². The summed E-state index contributed by atoms with van der Waals surface area (Å²) in [6.07, 6.45) is 4.09. The molecule has 0 radical (unpaired) electrons. The number of hydrogen-bond donors (Lipinski definition) is 2. The summed E-state index contributed by atoms with van der Waals surface area (Å²) in [7, 11) is 0. The number of nitrogens with zero attached hydrogens (tertiary/aromatic N) is 4. The summed E-state index contributed by atoms with van der Waals surface area (Å²) in [4.78, 5) is 36.1. The summed E-state index contributed by atoms with van der Waals surface area (Å²) in [5.41, 5.74) is 2.23. The zero-order valence-corrected chi connectivity index (χ0v) is 17.8. The van der Waals surface area contributed by atoms with E-state index in [-0.39, 0.29) is 11.5 Å². The molecule has 0 saturated heterocycles. The van der Waals surface area contributed by atoms with Crippen molar-refractivity contribution in [3.63, 3.8) is 0 Å². The van der Waals surface area contributed by atoms with Crippen molar-refractivity contribution in [3.8, 4) is 11.4 Å². The summed E-state index contributed by atoms with van der Waals surface area (Å²) >= 11 is 1.28. The molecule has 0 spiro atoms. The first-order valence-corrected chi connectivity index (χ1v) is 11.3. The SMILES string of the molecule is Cc1c(C(=O)Nc2ccc(-c3n[nH]c(C4CC4)n3)cc2)sc2nc3n(c(=O)c12)CCC3. The molecule has 1 aromatic carbocycles. The van der Waals surface area contributed by atoms with Crippen LogP contribution in [0.4, 0.5) is 5.69 Å². The van der Waals surface area contributed by atoms with Crippen molar-refractivity contribution in [2.24, 2.45) is 0 Å². The number of aryl methyl sites for hydroxylation is 2. The lowest BCUT2D eigenvalue weighted by Gasteiger charge is -2.05. The molecule has 1 fully saturated rings. The van der Waals surface area contributed by atoms with E-state index in [0.717, 1.165) is 30.1 Å². The third kappa shape index (κ3) is 3.07. The van der Waals surface area contributed by atoms with E-state index in [0.29, 0.717) is 44.6 Å². The van der Waals surface area contributed by atoms with E-state index in [1.165, 1.54) is 24.2 Å². The van der Waals surface area contributed by atoms with Crippen molar-refractivity contribution in [1.82, 2.24) is 24.7 Å². The number of fused-ring (bicyclic) bond motifs is 2. The molecule has 1 aliphatic heterocycles. The van der Waals surface area contributed by atoms with Crippen LogP contribution < -0.4 is 10.9 Å². The van der Waals surface area contributed by atoms with Gasteiger partial charge in [-0.15, -0.1) is 11.3 Å². The molecular formula is C22H20N6O2S. The van der Waals surface area contributed by atoms with Crippen LogP contribution in [0.15, 0.2) is 29.1 Å². The summed E-state index contributed by atoms with van der Waals surface area (Å²) in [6, 6.07) is 7.47. The molecule has 0 atom stereocenters. The van der Waals surface area contributed by atoms with Crippen LogP contribution in [-0.4, -0.2) is 30.6 Å². The Bertz CT molecular complexity index is 1390. The lowest BCUT2D eigenvalue weighted by atomic mass is 10.2. The topological polar surface area (TPSA) is 106 Å². The minimum Gasteiger partial charge on any atom is -0.321 e. The van der Waals surface area contributed by atoms with E-state index in [1.807, 2.05) is 31.2 Å². The van der Waals surface area contributed by atoms with Gasteiger partial charge in [0.15, 0.2) is 5.82 Å². The van der Waals surface area contributed by atoms with Gasteiger partial charge in [0.25, 0.3) is 11.5 Å². The zero-order valence-electron chi connectivity index (χ0n) is 16.9. The number of hydrogen-bond acceptors (Lipinski definition) is 6. The highest BCUT2D eigenvalue weighted by Gasteiger charge is 2.27. The van der Waals surface area contributed by atoms with Crippen LogP contribution >= 0.6 is 11.3 Å². The van der Waals surface area contributed by atoms with Crippen molar-refractivity contribution in [2.75, 3.05) is 5.32 Å². The molecule has 8 nitrogen and oxygen atoms in total. The quantitative estimate of drug-likeness (QED) is 0.512. The number of carbonyl (C=O) groups excluding carboxylic acids is 1. The number of H-pyrrole nitrogens is 1. The first-order valence-electron chi connectivity index (χ1n) is 10.5. The van der Waals surface area contributed by atoms with E-state index in [9.17, 15) is 9.59 Å². The van der Waals surface area contributed by atoms with E-state index >= 15 is 0 Å². The zero-order chi connectivity index (χ0) is 21.1. The number of rotatable bonds is 4. The van der Waals surface area contributed by atoms with E-state index in [4.69, 9.17) is 0 Å². The van der Waals surface area contributed by atoms with Crippen molar-refractivity contribution in [2.45, 2.75) is 45.1 Å². The molecule has 0 bridgehead atoms. The highest BCUT2D eigenvalue weighted by atomic mass is 32.1. The van der Waals surface area contributed by atoms with Gasteiger partial charge in [0.2, 0.25) is 0 Å². The Balaban J connectivity index is 1.25. The number of benzene rings is 1. The van der Waals surface area contributed by atoms with Crippen molar-refractivity contribution in [3.05, 3.63) is 56.7 Å². The molecule has 6 rings (SSSR count). The van der Waals surface area contributed by atoms with Gasteiger partial charge in [0.05, 0.1) is 10.3 Å². The van der Waals surface area contributed by atoms with Gasteiger partial charge >= 0.3 is 0 Å². The molecule has 3 aromatic heterocycles. The molecular weight excluding hydrogens is 412 g/mol. The molecule has 2 aliphatic rings. The van der Waals surface area contributed by atoms with Gasteiger partial charge in [-0.1, -0.05) is 0 Å². The third-order valence-electron chi connectivity index (χ3n) is 5.99. The Kier molecular flexibility index (Phi) is 4.07. The monoisotopic (exact) mass is 432 g/mol. The van der Waals surface area contributed by atoms with E-state index in [2.05, 4.69) is 25.5 Å². The second-order valence-electron chi connectivity index (χ2n) is 8.17. The first-order chi connectivity index (χ1) is 15.1. The Morgan fingerprint density at radius 3 is 2.81 bits per heavy atom. The summed E-state index contributed by atoms with van der Waals surface area (Å²) < 4.78 is 1.74. The predicted molar refractivity (Wildman–Crippen MR) is 119 cm³/mol. The smallest absolute Gasteiger partial charge is 0.266 e. The number of aromatic amines is 1. The van der Waals surface area contributed by atoms with Gasteiger partial charge in [0.1, 0.15) is 16.5 Å². The molecule has 156 valence electrons. The van der Waals surface area contributed by atoms with Crippen LogP contribution in [0.3, 0.4) is 0 Å². The molecule has 2 N–H and O–H groups in total. The largest absolute Gasteiger partial charge is 0.321 e. The highest BCUT2D eigenvalue weighted by Crippen LogP contribution is 2.38. The van der Waals surface area contributed by atoms with Gasteiger partial charge in [0, 0.05) is 30.1 Å². The minimum atomic E-state index is -0.230. The molecule has 1 saturated carbocycles. The fourth-order valence-electron chi connectivity index (χ4n) is 4.13. The molecule has 9 heteroatoms. The second kappa shape index (κ2) is 6.84. The summed E-state index contributed by atoms with van der Waals surface area (Å²) in [6.45, 7) is 2.52. The molecule has 31 heavy (non-hydrogen) atoms. The van der Waals surface area contributed by atoms with Gasteiger partial charge in [-0.05, 0) is 56.0 Å². The fraction of sp³-hybridized carbons (Fsp3) is 0.318. The Morgan fingerprint density at radius 2 is 2.03 bits per heavy atom. The molecule has 4 aromatic rings. The summed E-state index contributed by atoms with van der Waals surface area (Å²) in [5.74, 6) is 2.72. The van der Waals surface area contributed by atoms with Gasteiger partial charge < -0.3 is 5.32 Å². The van der Waals surface area contributed by atoms with Gasteiger partial charge in [-0.25, -0.2) is 9.97 Å². The Hall–Kier alpha value is -3.33. The molecule has 4 heterocycles. The minimum absolute atomic E-state index is 0.0354. The standard InChI is InChI=1S/C22H20N6O2S/c1-11-16-21(24-15-3-2-10-28(15)22(16)30)31-17(11)20(29)23-14-8-6-13(7-9-14)19-25-18(26-27-19)12-4-5-12/h6-9,12H,2-5,10H2,1H3,(H,23,29)(H,25,26,27). The number of amides is 1. The average molecular weight is 433 g/mol. The van der Waals surface area contributed by atoms with E-state index < -0.39 is 0 Å². The number of anilines is 1. The number of nitrogens with one attached hydrogen (secondary N) is 2. The van der Waals surface area contributed by atoms with Crippen LogP contribution in [-0.2, 0) is 13.0 Å². The Labute approximate surface area is 181 Å². The first kappa shape index (κ1) is 18.4. The average Bonchev–Trinajstić information content (AvgIpc) is 3.17. The van der Waals surface area contributed by atoms with Crippen molar-refractivity contribution >= 4 is 33.1 Å². The number of aromatic nitrogens is 5. The van der Waals surface area contributed by atoms with Crippen LogP contribution in [0.5, 0.6) is 0 Å². The maximum Gasteiger partial charge on any atom is 0.266 e. The van der Waals surface area contributed by atoms with Crippen LogP contribution in [0.25, 0.3) is 21.6 Å². The van der Waals surface area contributed by atoms with Crippen LogP contribution in [0.1, 0.15) is 52.1 Å². The van der Waals surface area contributed by atoms with E-state index in [1.54, 1.807) is 4.57 Å². The van der Waals surface area contributed by atoms with Crippen molar-refractivity contribution in [1.29, 1.82) is 0 Å².